The molecule has 0 spiro atoms. The lowest BCUT2D eigenvalue weighted by Crippen LogP contribution is -2.44. The van der Waals surface area contributed by atoms with Crippen molar-refractivity contribution in [2.24, 2.45) is 10.9 Å². The number of nitrogens with zero attached hydrogens (tertiary/aromatic N) is 1. The highest BCUT2D eigenvalue weighted by molar-refractivity contribution is 14.0. The molecule has 1 aromatic carbocycles. The molecule has 1 fully saturated rings. The van der Waals surface area contributed by atoms with E-state index < -0.39 is 0 Å². The summed E-state index contributed by atoms with van der Waals surface area (Å²) in [5.41, 5.74) is 1.16. The van der Waals surface area contributed by atoms with Gasteiger partial charge in [0.25, 0.3) is 0 Å². The number of halogens is 1. The van der Waals surface area contributed by atoms with E-state index in [-0.39, 0.29) is 24.0 Å². The second-order valence-electron chi connectivity index (χ2n) is 6.21. The summed E-state index contributed by atoms with van der Waals surface area (Å²) in [5, 5.41) is 6.91. The standard InChI is InChI=1S/C17H25N3O2.HI/c1-12-3-6-14(7-4-12)20-17(18-2)19-10-13-5-8-15-16(9-13)22-11-21-15;/h5,8-9,12,14H,3-4,6-7,10-11H2,1-2H3,(H2,18,19,20);1H. The van der Waals surface area contributed by atoms with Gasteiger partial charge in [0.05, 0.1) is 0 Å². The Bertz CT molecular complexity index is 543. The lowest BCUT2D eigenvalue weighted by Gasteiger charge is -2.28. The highest BCUT2D eigenvalue weighted by atomic mass is 127. The monoisotopic (exact) mass is 431 g/mol. The van der Waals surface area contributed by atoms with Crippen molar-refractivity contribution in [2.75, 3.05) is 13.8 Å². The summed E-state index contributed by atoms with van der Waals surface area (Å²) in [6, 6.07) is 6.57. The fraction of sp³-hybridized carbons (Fsp3) is 0.588. The smallest absolute Gasteiger partial charge is 0.231 e. The average molecular weight is 431 g/mol. The van der Waals surface area contributed by atoms with E-state index in [0.29, 0.717) is 12.8 Å². The molecule has 0 bridgehead atoms. The Labute approximate surface area is 155 Å². The maximum Gasteiger partial charge on any atom is 0.231 e. The molecule has 0 atom stereocenters. The molecule has 6 heteroatoms. The minimum absolute atomic E-state index is 0. The number of benzene rings is 1. The first-order chi connectivity index (χ1) is 10.7. The molecule has 1 aliphatic carbocycles. The van der Waals surface area contributed by atoms with Gasteiger partial charge in [0, 0.05) is 19.6 Å². The van der Waals surface area contributed by atoms with E-state index in [1.54, 1.807) is 0 Å². The molecule has 0 aromatic heterocycles. The molecule has 128 valence electrons. The average Bonchev–Trinajstić information content (AvgIpc) is 3.01. The second-order valence-corrected chi connectivity index (χ2v) is 6.21. The summed E-state index contributed by atoms with van der Waals surface area (Å²) in [4.78, 5) is 4.33. The molecule has 2 N–H and O–H groups in total. The highest BCUT2D eigenvalue weighted by Crippen LogP contribution is 2.32. The third-order valence-electron chi connectivity index (χ3n) is 4.48. The van der Waals surface area contributed by atoms with E-state index in [2.05, 4.69) is 28.6 Å². The van der Waals surface area contributed by atoms with Gasteiger partial charge in [-0.15, -0.1) is 24.0 Å². The Morgan fingerprint density at radius 3 is 2.65 bits per heavy atom. The molecule has 1 saturated carbocycles. The topological polar surface area (TPSA) is 54.9 Å². The fourth-order valence-electron chi connectivity index (χ4n) is 3.03. The maximum absolute atomic E-state index is 5.41. The molecule has 5 nitrogen and oxygen atoms in total. The zero-order valence-electron chi connectivity index (χ0n) is 13.8. The number of ether oxygens (including phenoxy) is 2. The van der Waals surface area contributed by atoms with Crippen LogP contribution >= 0.6 is 24.0 Å². The lowest BCUT2D eigenvalue weighted by atomic mass is 9.87. The molecule has 2 aliphatic rings. The van der Waals surface area contributed by atoms with Crippen molar-refractivity contribution in [3.8, 4) is 11.5 Å². The quantitative estimate of drug-likeness (QED) is 0.438. The molecule has 23 heavy (non-hydrogen) atoms. The van der Waals surface area contributed by atoms with Gasteiger partial charge in [-0.05, 0) is 49.3 Å². The molecule has 0 saturated heterocycles. The zero-order valence-corrected chi connectivity index (χ0v) is 16.1. The molecule has 1 heterocycles. The first-order valence-electron chi connectivity index (χ1n) is 8.10. The molecule has 0 radical (unpaired) electrons. The van der Waals surface area contributed by atoms with Crippen LogP contribution in [0.5, 0.6) is 11.5 Å². The number of hydrogen-bond acceptors (Lipinski definition) is 3. The lowest BCUT2D eigenvalue weighted by molar-refractivity contribution is 0.174. The van der Waals surface area contributed by atoms with Crippen LogP contribution < -0.4 is 20.1 Å². The van der Waals surface area contributed by atoms with Crippen molar-refractivity contribution in [3.05, 3.63) is 23.8 Å². The molecule has 0 unspecified atom stereocenters. The van der Waals surface area contributed by atoms with Crippen molar-refractivity contribution in [2.45, 2.75) is 45.2 Å². The van der Waals surface area contributed by atoms with Gasteiger partial charge in [-0.1, -0.05) is 13.0 Å². The van der Waals surface area contributed by atoms with Crippen molar-refractivity contribution in [1.29, 1.82) is 0 Å². The summed E-state index contributed by atoms with van der Waals surface area (Å²) in [6.07, 6.45) is 5.06. The molecular formula is C17H26IN3O2. The van der Waals surface area contributed by atoms with Gasteiger partial charge in [0.1, 0.15) is 0 Å². The first-order valence-corrected chi connectivity index (χ1v) is 8.10. The van der Waals surface area contributed by atoms with Crippen LogP contribution in [0, 0.1) is 5.92 Å². The van der Waals surface area contributed by atoms with E-state index in [1.807, 2.05) is 19.2 Å². The van der Waals surface area contributed by atoms with Crippen LogP contribution in [-0.4, -0.2) is 25.8 Å². The number of aliphatic imine (C=N–C) groups is 1. The van der Waals surface area contributed by atoms with Crippen molar-refractivity contribution < 1.29 is 9.47 Å². The third kappa shape index (κ3) is 4.89. The van der Waals surface area contributed by atoms with E-state index in [9.17, 15) is 0 Å². The van der Waals surface area contributed by atoms with Gasteiger partial charge in [0.2, 0.25) is 6.79 Å². The van der Waals surface area contributed by atoms with E-state index in [4.69, 9.17) is 9.47 Å². The Morgan fingerprint density at radius 2 is 1.91 bits per heavy atom. The highest BCUT2D eigenvalue weighted by Gasteiger charge is 2.19. The van der Waals surface area contributed by atoms with Gasteiger partial charge in [-0.2, -0.15) is 0 Å². The molecule has 1 aliphatic heterocycles. The Hall–Kier alpha value is -1.18. The first kappa shape index (κ1) is 18.2. The van der Waals surface area contributed by atoms with Crippen molar-refractivity contribution in [3.63, 3.8) is 0 Å². The zero-order chi connectivity index (χ0) is 15.4. The van der Waals surface area contributed by atoms with Crippen LogP contribution in [0.3, 0.4) is 0 Å². The number of hydrogen-bond donors (Lipinski definition) is 2. The van der Waals surface area contributed by atoms with Crippen LogP contribution in [0.2, 0.25) is 0 Å². The Morgan fingerprint density at radius 1 is 1.17 bits per heavy atom. The number of fused-ring (bicyclic) bond motifs is 1. The van der Waals surface area contributed by atoms with Crippen LogP contribution in [0.4, 0.5) is 0 Å². The molecular weight excluding hydrogens is 405 g/mol. The summed E-state index contributed by atoms with van der Waals surface area (Å²) < 4.78 is 10.7. The van der Waals surface area contributed by atoms with Gasteiger partial charge in [-0.25, -0.2) is 0 Å². The van der Waals surface area contributed by atoms with Crippen LogP contribution in [-0.2, 0) is 6.54 Å². The summed E-state index contributed by atoms with van der Waals surface area (Å²) in [5.74, 6) is 3.38. The predicted molar refractivity (Wildman–Crippen MR) is 103 cm³/mol. The number of nitrogens with one attached hydrogen (secondary N) is 2. The largest absolute Gasteiger partial charge is 0.454 e. The van der Waals surface area contributed by atoms with Crippen molar-refractivity contribution >= 4 is 29.9 Å². The predicted octanol–water partition coefficient (Wildman–Crippen LogP) is 3.28. The maximum atomic E-state index is 5.41. The van der Waals surface area contributed by atoms with E-state index in [1.165, 1.54) is 25.7 Å². The molecule has 3 rings (SSSR count). The minimum Gasteiger partial charge on any atom is -0.454 e. The molecule has 0 amide bonds. The minimum atomic E-state index is 0. The number of guanidine groups is 1. The fourth-order valence-corrected chi connectivity index (χ4v) is 3.03. The van der Waals surface area contributed by atoms with Gasteiger partial charge >= 0.3 is 0 Å². The van der Waals surface area contributed by atoms with Gasteiger partial charge in [0.15, 0.2) is 17.5 Å². The van der Waals surface area contributed by atoms with Crippen LogP contribution in [0.15, 0.2) is 23.2 Å². The number of rotatable bonds is 3. The van der Waals surface area contributed by atoms with E-state index in [0.717, 1.165) is 35.5 Å². The van der Waals surface area contributed by atoms with Crippen molar-refractivity contribution in [1.82, 2.24) is 10.6 Å². The summed E-state index contributed by atoms with van der Waals surface area (Å²) in [7, 11) is 1.82. The molecule has 1 aromatic rings. The van der Waals surface area contributed by atoms with Crippen LogP contribution in [0.25, 0.3) is 0 Å². The summed E-state index contributed by atoms with van der Waals surface area (Å²) in [6.45, 7) is 3.37. The van der Waals surface area contributed by atoms with Gasteiger partial charge < -0.3 is 20.1 Å². The third-order valence-corrected chi connectivity index (χ3v) is 4.48. The van der Waals surface area contributed by atoms with Gasteiger partial charge in [-0.3, -0.25) is 4.99 Å². The SMILES string of the molecule is CN=C(NCc1ccc2c(c1)OCO2)NC1CCC(C)CC1.I. The van der Waals surface area contributed by atoms with E-state index >= 15 is 0 Å². The Balaban J connectivity index is 0.00000192. The normalized spacial score (nSPS) is 23.1. The second kappa shape index (κ2) is 8.61. The Kier molecular flexibility index (Phi) is 6.80. The van der Waals surface area contributed by atoms with Crippen LogP contribution in [0.1, 0.15) is 38.2 Å². The summed E-state index contributed by atoms with van der Waals surface area (Å²) >= 11 is 0.